The van der Waals surface area contributed by atoms with Crippen molar-refractivity contribution in [1.29, 1.82) is 0 Å². The van der Waals surface area contributed by atoms with Gasteiger partial charge < -0.3 is 4.74 Å². The zero-order valence-electron chi connectivity index (χ0n) is 7.51. The second kappa shape index (κ2) is 5.47. The van der Waals surface area contributed by atoms with E-state index in [9.17, 15) is 4.79 Å². The van der Waals surface area contributed by atoms with E-state index in [0.717, 1.165) is 0 Å². The highest BCUT2D eigenvalue weighted by Gasteiger charge is 2.32. The molecule has 0 saturated carbocycles. The lowest BCUT2D eigenvalue weighted by molar-refractivity contribution is -0.148. The van der Waals surface area contributed by atoms with Crippen LogP contribution in [0.25, 0.3) is 0 Å². The lowest BCUT2D eigenvalue weighted by atomic mass is 10.2. The van der Waals surface area contributed by atoms with Gasteiger partial charge in [-0.2, -0.15) is 14.7 Å². The number of carbonyl (C=O) groups excluding carboxylic acids is 1. The van der Waals surface area contributed by atoms with Gasteiger partial charge in [-0.05, 0) is 0 Å². The zero-order valence-corrected chi connectivity index (χ0v) is 8.40. The van der Waals surface area contributed by atoms with Crippen molar-refractivity contribution in [3.63, 3.8) is 0 Å². The van der Waals surface area contributed by atoms with Crippen molar-refractivity contribution in [1.82, 2.24) is 0 Å². The van der Waals surface area contributed by atoms with Crippen LogP contribution in [-0.4, -0.2) is 33.9 Å². The number of hydrogen-bond donors (Lipinski definition) is 3. The Morgan fingerprint density at radius 3 is 2.23 bits per heavy atom. The van der Waals surface area contributed by atoms with Crippen LogP contribution in [0.15, 0.2) is 0 Å². The van der Waals surface area contributed by atoms with Crippen LogP contribution in [0, 0.1) is 5.92 Å². The van der Waals surface area contributed by atoms with E-state index >= 15 is 0 Å². The van der Waals surface area contributed by atoms with Crippen molar-refractivity contribution in [2.24, 2.45) is 5.92 Å². The SMILES string of the molecule is CC(C)C(=O)OCCO[P+](O)(O)O. The maximum atomic E-state index is 10.8. The Hall–Kier alpha value is -0.260. The molecular weight excluding hydrogens is 199 g/mol. The number of hydrogen-bond acceptors (Lipinski definition) is 6. The molecule has 0 atom stereocenters. The summed E-state index contributed by atoms with van der Waals surface area (Å²) in [4.78, 5) is 35.9. The van der Waals surface area contributed by atoms with Gasteiger partial charge in [0.2, 0.25) is 0 Å². The van der Waals surface area contributed by atoms with Crippen molar-refractivity contribution in [2.75, 3.05) is 13.2 Å². The minimum Gasteiger partial charge on any atom is -0.463 e. The van der Waals surface area contributed by atoms with E-state index in [1.54, 1.807) is 13.8 Å². The highest BCUT2D eigenvalue weighted by Crippen LogP contribution is 2.45. The predicted octanol–water partition coefficient (Wildman–Crippen LogP) is -0.143. The number of rotatable bonds is 5. The summed E-state index contributed by atoms with van der Waals surface area (Å²) in [6, 6.07) is 0. The standard InChI is InChI=1S/C6H14O6P/c1-5(2)6(7)11-3-4-12-13(8,9)10/h5,8-10H,3-4H2,1-2H3/q+1. The van der Waals surface area contributed by atoms with Crippen LogP contribution in [-0.2, 0) is 14.1 Å². The summed E-state index contributed by atoms with van der Waals surface area (Å²) in [5, 5.41) is 0. The molecule has 0 aromatic heterocycles. The quantitative estimate of drug-likeness (QED) is 0.334. The van der Waals surface area contributed by atoms with Crippen molar-refractivity contribution in [3.05, 3.63) is 0 Å². The molecule has 0 aromatic carbocycles. The lowest BCUT2D eigenvalue weighted by Gasteiger charge is -2.06. The summed E-state index contributed by atoms with van der Waals surface area (Å²) in [7, 11) is -4.19. The summed E-state index contributed by atoms with van der Waals surface area (Å²) >= 11 is 0. The van der Waals surface area contributed by atoms with E-state index in [-0.39, 0.29) is 19.1 Å². The van der Waals surface area contributed by atoms with Crippen LogP contribution in [0.2, 0.25) is 0 Å². The van der Waals surface area contributed by atoms with E-state index in [1.165, 1.54) is 0 Å². The van der Waals surface area contributed by atoms with E-state index in [4.69, 9.17) is 14.7 Å². The molecule has 7 heteroatoms. The Kier molecular flexibility index (Phi) is 5.36. The molecule has 0 aromatic rings. The highest BCUT2D eigenvalue weighted by molar-refractivity contribution is 7.53. The molecule has 0 bridgehead atoms. The molecule has 0 unspecified atom stereocenters. The van der Waals surface area contributed by atoms with Gasteiger partial charge in [0, 0.05) is 0 Å². The van der Waals surface area contributed by atoms with Crippen LogP contribution < -0.4 is 0 Å². The summed E-state index contributed by atoms with van der Waals surface area (Å²) in [5.74, 6) is -0.640. The molecule has 13 heavy (non-hydrogen) atoms. The summed E-state index contributed by atoms with van der Waals surface area (Å²) < 4.78 is 8.78. The van der Waals surface area contributed by atoms with E-state index in [2.05, 4.69) is 9.26 Å². The van der Waals surface area contributed by atoms with Crippen molar-refractivity contribution >= 4 is 14.1 Å². The van der Waals surface area contributed by atoms with Gasteiger partial charge in [-0.15, -0.1) is 4.52 Å². The second-order valence-corrected chi connectivity index (χ2v) is 3.95. The van der Waals surface area contributed by atoms with Crippen LogP contribution in [0.5, 0.6) is 0 Å². The van der Waals surface area contributed by atoms with Crippen LogP contribution >= 0.6 is 8.17 Å². The van der Waals surface area contributed by atoms with Gasteiger partial charge >= 0.3 is 14.1 Å². The third-order valence-corrected chi connectivity index (χ3v) is 1.59. The Balaban J connectivity index is 3.42. The molecule has 0 aliphatic rings. The van der Waals surface area contributed by atoms with Gasteiger partial charge in [0.15, 0.2) is 0 Å². The van der Waals surface area contributed by atoms with Gasteiger partial charge in [0.05, 0.1) is 5.92 Å². The first-order valence-corrected chi connectivity index (χ1v) is 5.28. The summed E-state index contributed by atoms with van der Waals surface area (Å²) in [6.07, 6.45) is 0. The topological polar surface area (TPSA) is 96.2 Å². The van der Waals surface area contributed by atoms with Gasteiger partial charge in [-0.25, -0.2) is 0 Å². The third-order valence-electron chi connectivity index (χ3n) is 1.06. The van der Waals surface area contributed by atoms with Gasteiger partial charge in [0.25, 0.3) is 0 Å². The predicted molar refractivity (Wildman–Crippen MR) is 45.3 cm³/mol. The molecule has 0 saturated heterocycles. The van der Waals surface area contributed by atoms with Crippen molar-refractivity contribution < 1.29 is 28.7 Å². The lowest BCUT2D eigenvalue weighted by Crippen LogP contribution is -2.15. The molecule has 0 rings (SSSR count). The largest absolute Gasteiger partial charge is 0.567 e. The van der Waals surface area contributed by atoms with Gasteiger partial charge in [0.1, 0.15) is 13.2 Å². The number of carbonyl (C=O) groups is 1. The molecule has 78 valence electrons. The monoisotopic (exact) mass is 213 g/mol. The summed E-state index contributed by atoms with van der Waals surface area (Å²) in [6.45, 7) is 2.99. The van der Waals surface area contributed by atoms with E-state index in [0.29, 0.717) is 0 Å². The van der Waals surface area contributed by atoms with Gasteiger partial charge in [-0.3, -0.25) is 4.79 Å². The fourth-order valence-corrected chi connectivity index (χ4v) is 0.788. The fourth-order valence-electron chi connectivity index (χ4n) is 0.469. The van der Waals surface area contributed by atoms with Crippen LogP contribution in [0.1, 0.15) is 13.8 Å². The average molecular weight is 213 g/mol. The smallest absolute Gasteiger partial charge is 0.463 e. The maximum absolute atomic E-state index is 10.8. The number of ether oxygens (including phenoxy) is 1. The molecule has 0 aliphatic carbocycles. The Labute approximate surface area is 76.8 Å². The average Bonchev–Trinajstić information content (AvgIpc) is 1.95. The van der Waals surface area contributed by atoms with Crippen molar-refractivity contribution in [3.8, 4) is 0 Å². The molecule has 0 amide bonds. The fraction of sp³-hybridized carbons (Fsp3) is 0.833. The van der Waals surface area contributed by atoms with Crippen LogP contribution in [0.3, 0.4) is 0 Å². The molecule has 0 aliphatic heterocycles. The Bertz CT molecular complexity index is 163. The van der Waals surface area contributed by atoms with E-state index in [1.807, 2.05) is 0 Å². The minimum atomic E-state index is -4.19. The first kappa shape index (κ1) is 12.7. The molecule has 0 radical (unpaired) electrons. The highest BCUT2D eigenvalue weighted by atomic mass is 31.2. The minimum absolute atomic E-state index is 0.111. The molecular formula is C6H14O6P+. The first-order valence-electron chi connectivity index (χ1n) is 3.71. The number of esters is 1. The van der Waals surface area contributed by atoms with Crippen molar-refractivity contribution in [2.45, 2.75) is 13.8 Å². The summed E-state index contributed by atoms with van der Waals surface area (Å²) in [5.41, 5.74) is 0. The molecule has 0 spiro atoms. The Morgan fingerprint density at radius 2 is 1.85 bits per heavy atom. The normalized spacial score (nSPS) is 11.8. The second-order valence-electron chi connectivity index (χ2n) is 2.67. The van der Waals surface area contributed by atoms with Crippen LogP contribution in [0.4, 0.5) is 0 Å². The zero-order chi connectivity index (χ0) is 10.5. The molecule has 0 heterocycles. The van der Waals surface area contributed by atoms with Gasteiger partial charge in [-0.1, -0.05) is 13.8 Å². The third kappa shape index (κ3) is 8.08. The Morgan fingerprint density at radius 1 is 1.31 bits per heavy atom. The molecule has 6 nitrogen and oxygen atoms in total. The first-order chi connectivity index (χ1) is 5.83. The maximum Gasteiger partial charge on any atom is 0.567 e. The van der Waals surface area contributed by atoms with E-state index < -0.39 is 14.1 Å². The molecule has 0 fully saturated rings. The molecule has 3 N–H and O–H groups in total.